The van der Waals surface area contributed by atoms with Crippen LogP contribution in [0.3, 0.4) is 0 Å². The standard InChI is InChI=1S/C22H27BrN2O3/c1-16-10-20(11-17(2)22(16)23)28-15-21(26)24-13-18-4-3-5-19(12-18)14-25-6-8-27-9-7-25/h3-5,10-12H,6-9,13-15H2,1-2H3,(H,24,26). The molecule has 0 aliphatic carbocycles. The summed E-state index contributed by atoms with van der Waals surface area (Å²) in [4.78, 5) is 14.5. The molecule has 1 heterocycles. The maximum absolute atomic E-state index is 12.2. The monoisotopic (exact) mass is 446 g/mol. The SMILES string of the molecule is Cc1cc(OCC(=O)NCc2cccc(CN3CCOCC3)c2)cc(C)c1Br. The first-order valence-corrected chi connectivity index (χ1v) is 10.3. The number of aryl methyl sites for hydroxylation is 2. The Morgan fingerprint density at radius 1 is 1.14 bits per heavy atom. The van der Waals surface area contributed by atoms with Crippen LogP contribution in [-0.4, -0.2) is 43.7 Å². The molecule has 0 bridgehead atoms. The Morgan fingerprint density at radius 2 is 1.82 bits per heavy atom. The summed E-state index contributed by atoms with van der Waals surface area (Å²) in [6.45, 7) is 8.96. The summed E-state index contributed by atoms with van der Waals surface area (Å²) in [6, 6.07) is 12.2. The second-order valence-corrected chi connectivity index (χ2v) is 7.94. The minimum absolute atomic E-state index is 0.00792. The summed E-state index contributed by atoms with van der Waals surface area (Å²) in [5.41, 5.74) is 4.53. The number of carbonyl (C=O) groups is 1. The van der Waals surface area contributed by atoms with Crippen LogP contribution >= 0.6 is 15.9 Å². The fraction of sp³-hybridized carbons (Fsp3) is 0.409. The van der Waals surface area contributed by atoms with Gasteiger partial charge in [-0.25, -0.2) is 0 Å². The quantitative estimate of drug-likeness (QED) is 0.705. The van der Waals surface area contributed by atoms with Gasteiger partial charge in [-0.2, -0.15) is 0 Å². The Bertz CT molecular complexity index is 796. The molecule has 0 saturated carbocycles. The van der Waals surface area contributed by atoms with Crippen LogP contribution in [0.4, 0.5) is 0 Å². The highest BCUT2D eigenvalue weighted by atomic mass is 79.9. The first kappa shape index (κ1) is 20.8. The highest BCUT2D eigenvalue weighted by molar-refractivity contribution is 9.10. The smallest absolute Gasteiger partial charge is 0.258 e. The molecule has 0 spiro atoms. The van der Waals surface area contributed by atoms with E-state index in [4.69, 9.17) is 9.47 Å². The molecule has 0 atom stereocenters. The molecule has 2 aromatic carbocycles. The molecular formula is C22H27BrN2O3. The van der Waals surface area contributed by atoms with Crippen molar-refractivity contribution < 1.29 is 14.3 Å². The molecule has 1 fully saturated rings. The van der Waals surface area contributed by atoms with E-state index in [1.54, 1.807) is 0 Å². The van der Waals surface area contributed by atoms with Crippen LogP contribution in [0.1, 0.15) is 22.3 Å². The molecule has 2 aromatic rings. The molecular weight excluding hydrogens is 420 g/mol. The zero-order valence-electron chi connectivity index (χ0n) is 16.5. The molecule has 3 rings (SSSR count). The van der Waals surface area contributed by atoms with E-state index in [0.717, 1.165) is 54.0 Å². The first-order chi connectivity index (χ1) is 13.5. The van der Waals surface area contributed by atoms with E-state index in [-0.39, 0.29) is 12.5 Å². The number of benzene rings is 2. The van der Waals surface area contributed by atoms with Crippen molar-refractivity contribution >= 4 is 21.8 Å². The van der Waals surface area contributed by atoms with E-state index < -0.39 is 0 Å². The van der Waals surface area contributed by atoms with Crippen LogP contribution in [0.5, 0.6) is 5.75 Å². The van der Waals surface area contributed by atoms with Gasteiger partial charge in [-0.1, -0.05) is 40.2 Å². The molecule has 0 unspecified atom stereocenters. The van der Waals surface area contributed by atoms with E-state index >= 15 is 0 Å². The van der Waals surface area contributed by atoms with Crippen molar-refractivity contribution in [3.8, 4) is 5.75 Å². The Labute approximate surface area is 175 Å². The van der Waals surface area contributed by atoms with Crippen molar-refractivity contribution in [2.45, 2.75) is 26.9 Å². The van der Waals surface area contributed by atoms with E-state index in [9.17, 15) is 4.79 Å². The van der Waals surface area contributed by atoms with Crippen LogP contribution in [0.2, 0.25) is 0 Å². The van der Waals surface area contributed by atoms with E-state index in [0.29, 0.717) is 12.3 Å². The zero-order valence-corrected chi connectivity index (χ0v) is 18.0. The highest BCUT2D eigenvalue weighted by Gasteiger charge is 2.11. The van der Waals surface area contributed by atoms with E-state index in [1.165, 1.54) is 5.56 Å². The molecule has 1 aliphatic heterocycles. The predicted octanol–water partition coefficient (Wildman–Crippen LogP) is 3.59. The fourth-order valence-electron chi connectivity index (χ4n) is 3.25. The van der Waals surface area contributed by atoms with Gasteiger partial charge in [0, 0.05) is 30.7 Å². The maximum atomic E-state index is 12.2. The lowest BCUT2D eigenvalue weighted by Gasteiger charge is -2.26. The van der Waals surface area contributed by atoms with Gasteiger partial charge in [0.2, 0.25) is 0 Å². The van der Waals surface area contributed by atoms with Crippen molar-refractivity contribution in [2.24, 2.45) is 0 Å². The number of amides is 1. The van der Waals surface area contributed by atoms with Crippen LogP contribution in [-0.2, 0) is 22.6 Å². The van der Waals surface area contributed by atoms with Crippen molar-refractivity contribution in [3.63, 3.8) is 0 Å². The number of halogens is 1. The first-order valence-electron chi connectivity index (χ1n) is 9.55. The van der Waals surface area contributed by atoms with Crippen LogP contribution in [0, 0.1) is 13.8 Å². The van der Waals surface area contributed by atoms with Gasteiger partial charge >= 0.3 is 0 Å². The summed E-state index contributed by atoms with van der Waals surface area (Å²) in [7, 11) is 0. The second kappa shape index (κ2) is 10.0. The lowest BCUT2D eigenvalue weighted by atomic mass is 10.1. The number of carbonyl (C=O) groups excluding carboxylic acids is 1. The second-order valence-electron chi connectivity index (χ2n) is 7.14. The fourth-order valence-corrected chi connectivity index (χ4v) is 3.47. The van der Waals surface area contributed by atoms with Gasteiger partial charge in [0.15, 0.2) is 6.61 Å². The molecule has 28 heavy (non-hydrogen) atoms. The Morgan fingerprint density at radius 3 is 2.54 bits per heavy atom. The predicted molar refractivity (Wildman–Crippen MR) is 113 cm³/mol. The lowest BCUT2D eigenvalue weighted by Crippen LogP contribution is -2.35. The molecule has 1 N–H and O–H groups in total. The summed E-state index contributed by atoms with van der Waals surface area (Å²) >= 11 is 3.54. The Balaban J connectivity index is 1.47. The minimum Gasteiger partial charge on any atom is -0.484 e. The van der Waals surface area contributed by atoms with Crippen LogP contribution in [0.15, 0.2) is 40.9 Å². The molecule has 6 heteroatoms. The van der Waals surface area contributed by atoms with Gasteiger partial charge in [0.05, 0.1) is 13.2 Å². The van der Waals surface area contributed by atoms with Crippen molar-refractivity contribution in [3.05, 3.63) is 63.1 Å². The van der Waals surface area contributed by atoms with E-state index in [2.05, 4.69) is 38.3 Å². The maximum Gasteiger partial charge on any atom is 0.258 e. The number of hydrogen-bond donors (Lipinski definition) is 1. The third-order valence-electron chi connectivity index (χ3n) is 4.77. The molecule has 150 valence electrons. The van der Waals surface area contributed by atoms with Gasteiger partial charge in [-0.05, 0) is 48.2 Å². The number of nitrogens with zero attached hydrogens (tertiary/aromatic N) is 1. The topological polar surface area (TPSA) is 50.8 Å². The largest absolute Gasteiger partial charge is 0.484 e. The minimum atomic E-state index is -0.128. The number of nitrogens with one attached hydrogen (secondary N) is 1. The molecule has 1 saturated heterocycles. The Kier molecular flexibility index (Phi) is 7.48. The van der Waals surface area contributed by atoms with Gasteiger partial charge in [0.1, 0.15) is 5.75 Å². The summed E-state index contributed by atoms with van der Waals surface area (Å²) in [5.74, 6) is 0.581. The van der Waals surface area contributed by atoms with Gasteiger partial charge in [-0.15, -0.1) is 0 Å². The third kappa shape index (κ3) is 6.06. The average Bonchev–Trinajstić information content (AvgIpc) is 2.70. The molecule has 5 nitrogen and oxygen atoms in total. The van der Waals surface area contributed by atoms with Gasteiger partial charge in [0.25, 0.3) is 5.91 Å². The molecule has 0 aromatic heterocycles. The molecule has 0 radical (unpaired) electrons. The number of morpholine rings is 1. The summed E-state index contributed by atoms with van der Waals surface area (Å²) < 4.78 is 12.1. The van der Waals surface area contributed by atoms with Gasteiger partial charge < -0.3 is 14.8 Å². The number of hydrogen-bond acceptors (Lipinski definition) is 4. The lowest BCUT2D eigenvalue weighted by molar-refractivity contribution is -0.123. The Hall–Kier alpha value is -1.89. The third-order valence-corrected chi connectivity index (χ3v) is 6.02. The van der Waals surface area contributed by atoms with Crippen LogP contribution in [0.25, 0.3) is 0 Å². The van der Waals surface area contributed by atoms with Crippen LogP contribution < -0.4 is 10.1 Å². The zero-order chi connectivity index (χ0) is 19.9. The molecule has 1 amide bonds. The number of rotatable bonds is 7. The summed E-state index contributed by atoms with van der Waals surface area (Å²) in [5, 5.41) is 2.93. The normalized spacial score (nSPS) is 14.7. The van der Waals surface area contributed by atoms with Crippen molar-refractivity contribution in [2.75, 3.05) is 32.9 Å². The molecule has 1 aliphatic rings. The van der Waals surface area contributed by atoms with Crippen molar-refractivity contribution in [1.82, 2.24) is 10.2 Å². The average molecular weight is 447 g/mol. The van der Waals surface area contributed by atoms with E-state index in [1.807, 2.05) is 38.1 Å². The summed E-state index contributed by atoms with van der Waals surface area (Å²) in [6.07, 6.45) is 0. The van der Waals surface area contributed by atoms with Gasteiger partial charge in [-0.3, -0.25) is 9.69 Å². The van der Waals surface area contributed by atoms with Crippen molar-refractivity contribution in [1.29, 1.82) is 0 Å². The highest BCUT2D eigenvalue weighted by Crippen LogP contribution is 2.26. The number of ether oxygens (including phenoxy) is 2.